The molecule has 1 rings (SSSR count). The van der Waals surface area contributed by atoms with Gasteiger partial charge in [-0.2, -0.15) is 5.26 Å². The van der Waals surface area contributed by atoms with Crippen molar-refractivity contribution in [1.82, 2.24) is 4.98 Å². The maximum atomic E-state index is 11.2. The fourth-order valence-electron chi connectivity index (χ4n) is 1.61. The zero-order valence-corrected chi connectivity index (χ0v) is 10.8. The molecule has 1 heterocycles. The van der Waals surface area contributed by atoms with Crippen molar-refractivity contribution < 1.29 is 9.90 Å². The van der Waals surface area contributed by atoms with E-state index in [9.17, 15) is 4.79 Å². The van der Waals surface area contributed by atoms with Crippen molar-refractivity contribution in [1.29, 1.82) is 5.26 Å². The summed E-state index contributed by atoms with van der Waals surface area (Å²) < 4.78 is 0. The lowest BCUT2D eigenvalue weighted by atomic mass is 10.0. The van der Waals surface area contributed by atoms with E-state index in [0.29, 0.717) is 17.8 Å². The van der Waals surface area contributed by atoms with Gasteiger partial charge < -0.3 is 10.4 Å². The molecule has 5 nitrogen and oxygen atoms in total. The molecule has 0 aliphatic heterocycles. The van der Waals surface area contributed by atoms with Gasteiger partial charge in [0.25, 0.3) is 0 Å². The fraction of sp³-hybridized carbons (Fsp3) is 0.462. The first-order valence-electron chi connectivity index (χ1n) is 5.81. The zero-order valence-electron chi connectivity index (χ0n) is 10.8. The third-order valence-electron chi connectivity index (χ3n) is 2.47. The van der Waals surface area contributed by atoms with Gasteiger partial charge in [-0.15, -0.1) is 0 Å². The SMILES string of the molecule is Cc1ccc(C#N)c(NC(CC(C)C)C(=O)O)n1. The topological polar surface area (TPSA) is 86.0 Å². The van der Waals surface area contributed by atoms with Crippen molar-refractivity contribution in [2.75, 3.05) is 5.32 Å². The summed E-state index contributed by atoms with van der Waals surface area (Å²) >= 11 is 0. The summed E-state index contributed by atoms with van der Waals surface area (Å²) in [5.74, 6) is -0.351. The largest absolute Gasteiger partial charge is 0.480 e. The normalized spacial score (nSPS) is 11.9. The number of carboxylic acids is 1. The Morgan fingerprint density at radius 2 is 2.22 bits per heavy atom. The Balaban J connectivity index is 2.96. The van der Waals surface area contributed by atoms with E-state index in [2.05, 4.69) is 10.3 Å². The maximum Gasteiger partial charge on any atom is 0.326 e. The molecule has 1 aromatic heterocycles. The van der Waals surface area contributed by atoms with Crippen LogP contribution in [0.5, 0.6) is 0 Å². The second-order valence-electron chi connectivity index (χ2n) is 4.63. The van der Waals surface area contributed by atoms with E-state index in [0.717, 1.165) is 5.69 Å². The fourth-order valence-corrected chi connectivity index (χ4v) is 1.61. The van der Waals surface area contributed by atoms with Crippen LogP contribution in [0.15, 0.2) is 12.1 Å². The summed E-state index contributed by atoms with van der Waals surface area (Å²) in [4.78, 5) is 15.3. The van der Waals surface area contributed by atoms with Crippen molar-refractivity contribution in [3.05, 3.63) is 23.4 Å². The third-order valence-corrected chi connectivity index (χ3v) is 2.47. The molecule has 1 aromatic rings. The summed E-state index contributed by atoms with van der Waals surface area (Å²) in [6.07, 6.45) is 0.482. The summed E-state index contributed by atoms with van der Waals surface area (Å²) in [5, 5.41) is 20.9. The first-order valence-corrected chi connectivity index (χ1v) is 5.81. The van der Waals surface area contributed by atoms with Crippen LogP contribution in [-0.2, 0) is 4.79 Å². The van der Waals surface area contributed by atoms with Gasteiger partial charge in [0.2, 0.25) is 0 Å². The van der Waals surface area contributed by atoms with E-state index in [1.165, 1.54) is 0 Å². The van der Waals surface area contributed by atoms with E-state index in [1.54, 1.807) is 19.1 Å². The minimum Gasteiger partial charge on any atom is -0.480 e. The number of nitriles is 1. The predicted molar refractivity (Wildman–Crippen MR) is 68.2 cm³/mol. The molecule has 0 aliphatic rings. The monoisotopic (exact) mass is 247 g/mol. The number of aromatic nitrogens is 1. The second-order valence-corrected chi connectivity index (χ2v) is 4.63. The highest BCUT2D eigenvalue weighted by Gasteiger charge is 2.20. The second kappa shape index (κ2) is 6.01. The molecule has 1 atom stereocenters. The number of carbonyl (C=O) groups is 1. The van der Waals surface area contributed by atoms with Crippen LogP contribution in [0.25, 0.3) is 0 Å². The van der Waals surface area contributed by atoms with Crippen LogP contribution in [0.1, 0.15) is 31.5 Å². The number of hydrogen-bond donors (Lipinski definition) is 2. The van der Waals surface area contributed by atoms with Gasteiger partial charge in [0, 0.05) is 5.69 Å². The minimum atomic E-state index is -0.934. The molecule has 0 spiro atoms. The first kappa shape index (κ1) is 14.0. The molecule has 0 aromatic carbocycles. The van der Waals surface area contributed by atoms with Gasteiger partial charge in [-0.25, -0.2) is 9.78 Å². The van der Waals surface area contributed by atoms with E-state index in [1.807, 2.05) is 19.9 Å². The lowest BCUT2D eigenvalue weighted by Gasteiger charge is -2.17. The van der Waals surface area contributed by atoms with Crippen LogP contribution in [-0.4, -0.2) is 22.1 Å². The molecular weight excluding hydrogens is 230 g/mol. The minimum absolute atomic E-state index is 0.244. The van der Waals surface area contributed by atoms with Gasteiger partial charge in [-0.1, -0.05) is 13.8 Å². The van der Waals surface area contributed by atoms with Gasteiger partial charge in [0.05, 0.1) is 5.56 Å². The van der Waals surface area contributed by atoms with Crippen LogP contribution >= 0.6 is 0 Å². The molecule has 0 amide bonds. The molecule has 18 heavy (non-hydrogen) atoms. The van der Waals surface area contributed by atoms with Crippen molar-refractivity contribution >= 4 is 11.8 Å². The van der Waals surface area contributed by atoms with Gasteiger partial charge >= 0.3 is 5.97 Å². The Morgan fingerprint density at radius 1 is 1.56 bits per heavy atom. The van der Waals surface area contributed by atoms with E-state index < -0.39 is 12.0 Å². The van der Waals surface area contributed by atoms with Gasteiger partial charge in [0.15, 0.2) is 0 Å². The van der Waals surface area contributed by atoms with Gasteiger partial charge in [0.1, 0.15) is 17.9 Å². The molecule has 0 fully saturated rings. The standard InChI is InChI=1S/C13H17N3O2/c1-8(2)6-11(13(17)18)16-12-10(7-14)5-4-9(3)15-12/h4-5,8,11H,6H2,1-3H3,(H,15,16)(H,17,18). The van der Waals surface area contributed by atoms with E-state index in [4.69, 9.17) is 10.4 Å². The quantitative estimate of drug-likeness (QED) is 0.832. The molecule has 1 unspecified atom stereocenters. The van der Waals surface area contributed by atoms with Crippen molar-refractivity contribution in [3.8, 4) is 6.07 Å². The molecule has 0 saturated carbocycles. The number of nitrogens with one attached hydrogen (secondary N) is 1. The Morgan fingerprint density at radius 3 is 2.72 bits per heavy atom. The molecule has 96 valence electrons. The van der Waals surface area contributed by atoms with Gasteiger partial charge in [-0.05, 0) is 31.4 Å². The highest BCUT2D eigenvalue weighted by Crippen LogP contribution is 2.16. The number of hydrogen-bond acceptors (Lipinski definition) is 4. The molecule has 2 N–H and O–H groups in total. The molecular formula is C13H17N3O2. The lowest BCUT2D eigenvalue weighted by Crippen LogP contribution is -2.31. The average molecular weight is 247 g/mol. The summed E-state index contributed by atoms with van der Waals surface area (Å²) in [5.41, 5.74) is 1.10. The summed E-state index contributed by atoms with van der Waals surface area (Å²) in [6, 6.07) is 4.63. The molecule has 0 radical (unpaired) electrons. The number of carboxylic acid groups (broad SMARTS) is 1. The average Bonchev–Trinajstić information content (AvgIpc) is 2.27. The van der Waals surface area contributed by atoms with Crippen LogP contribution in [0, 0.1) is 24.2 Å². The molecule has 5 heteroatoms. The van der Waals surface area contributed by atoms with E-state index >= 15 is 0 Å². The molecule has 0 saturated heterocycles. The number of nitrogens with zero attached hydrogens (tertiary/aromatic N) is 2. The summed E-state index contributed by atoms with van der Waals surface area (Å²) in [6.45, 7) is 5.70. The Kier molecular flexibility index (Phi) is 4.67. The highest BCUT2D eigenvalue weighted by atomic mass is 16.4. The van der Waals surface area contributed by atoms with Crippen LogP contribution in [0.3, 0.4) is 0 Å². The van der Waals surface area contributed by atoms with Gasteiger partial charge in [-0.3, -0.25) is 0 Å². The van der Waals surface area contributed by atoms with Crippen molar-refractivity contribution in [3.63, 3.8) is 0 Å². The Labute approximate surface area is 106 Å². The molecule has 0 bridgehead atoms. The number of pyridine rings is 1. The third kappa shape index (κ3) is 3.74. The van der Waals surface area contributed by atoms with Crippen LogP contribution < -0.4 is 5.32 Å². The first-order chi connectivity index (χ1) is 8.43. The summed E-state index contributed by atoms with van der Waals surface area (Å²) in [7, 11) is 0. The number of rotatable bonds is 5. The zero-order chi connectivity index (χ0) is 13.7. The number of aryl methyl sites for hydroxylation is 1. The number of aliphatic carboxylic acids is 1. The number of anilines is 1. The highest BCUT2D eigenvalue weighted by molar-refractivity contribution is 5.77. The maximum absolute atomic E-state index is 11.2. The van der Waals surface area contributed by atoms with Crippen LogP contribution in [0.2, 0.25) is 0 Å². The Hall–Kier alpha value is -2.09. The van der Waals surface area contributed by atoms with E-state index in [-0.39, 0.29) is 5.92 Å². The predicted octanol–water partition coefficient (Wildman–Crippen LogP) is 2.17. The van der Waals surface area contributed by atoms with Crippen molar-refractivity contribution in [2.45, 2.75) is 33.2 Å². The van der Waals surface area contributed by atoms with Crippen LogP contribution in [0.4, 0.5) is 5.82 Å². The lowest BCUT2D eigenvalue weighted by molar-refractivity contribution is -0.138. The van der Waals surface area contributed by atoms with Crippen molar-refractivity contribution in [2.24, 2.45) is 5.92 Å². The smallest absolute Gasteiger partial charge is 0.326 e. The Bertz CT molecular complexity index is 478. The molecule has 0 aliphatic carbocycles.